The maximum absolute atomic E-state index is 12.3. The first-order valence-corrected chi connectivity index (χ1v) is 9.81. The van der Waals surface area contributed by atoms with Gasteiger partial charge in [0, 0.05) is 5.41 Å². The molecule has 0 radical (unpaired) electrons. The minimum atomic E-state index is -0.458. The second kappa shape index (κ2) is 8.57. The van der Waals surface area contributed by atoms with Gasteiger partial charge in [0.05, 0.1) is 36.3 Å². The zero-order chi connectivity index (χ0) is 20.2. The lowest BCUT2D eigenvalue weighted by Gasteiger charge is -2.44. The van der Waals surface area contributed by atoms with E-state index in [0.717, 1.165) is 12.8 Å². The van der Waals surface area contributed by atoms with Crippen LogP contribution in [-0.4, -0.2) is 44.3 Å². The number of hydrogen-bond acceptors (Lipinski definition) is 5. The lowest BCUT2D eigenvalue weighted by atomic mass is 9.85. The highest BCUT2D eigenvalue weighted by atomic mass is 16.7. The monoisotopic (exact) mass is 372 g/mol. The van der Waals surface area contributed by atoms with Gasteiger partial charge < -0.3 is 18.9 Å². The van der Waals surface area contributed by atoms with Crippen LogP contribution in [0, 0.1) is 16.2 Å². The topological polar surface area (TPSA) is 54.0 Å². The van der Waals surface area contributed by atoms with E-state index in [9.17, 15) is 4.79 Å². The van der Waals surface area contributed by atoms with Crippen LogP contribution >= 0.6 is 0 Å². The smallest absolute Gasteiger partial charge is 0.311 e. The largest absolute Gasteiger partial charge is 0.465 e. The van der Waals surface area contributed by atoms with E-state index in [1.807, 2.05) is 41.5 Å². The summed E-state index contributed by atoms with van der Waals surface area (Å²) in [6.45, 7) is 20.1. The molecule has 0 bridgehead atoms. The Bertz CT molecular complexity index is 454. The molecule has 5 heteroatoms. The summed E-state index contributed by atoms with van der Waals surface area (Å²) in [6, 6.07) is 0. The summed E-state index contributed by atoms with van der Waals surface area (Å²) in [5, 5.41) is 0. The van der Waals surface area contributed by atoms with Crippen molar-refractivity contribution in [1.82, 2.24) is 0 Å². The van der Waals surface area contributed by atoms with Crippen molar-refractivity contribution in [2.75, 3.05) is 26.4 Å². The number of hydrogen-bond donors (Lipinski definition) is 0. The van der Waals surface area contributed by atoms with Crippen LogP contribution in [0.3, 0.4) is 0 Å². The maximum Gasteiger partial charge on any atom is 0.311 e. The van der Waals surface area contributed by atoms with E-state index in [-0.39, 0.29) is 28.7 Å². The second-order valence-corrected chi connectivity index (χ2v) is 10.0. The fraction of sp³-hybridized carbons (Fsp3) is 0.952. The zero-order valence-electron chi connectivity index (χ0n) is 18.4. The van der Waals surface area contributed by atoms with Crippen molar-refractivity contribution >= 4 is 5.97 Å². The molecule has 0 N–H and O–H groups in total. The average molecular weight is 373 g/mol. The van der Waals surface area contributed by atoms with Gasteiger partial charge in [-0.25, -0.2) is 0 Å². The van der Waals surface area contributed by atoms with Gasteiger partial charge in [0.1, 0.15) is 6.61 Å². The summed E-state index contributed by atoms with van der Waals surface area (Å²) in [4.78, 5) is 12.3. The third-order valence-electron chi connectivity index (χ3n) is 5.29. The highest BCUT2D eigenvalue weighted by molar-refractivity contribution is 5.75. The molecule has 5 nitrogen and oxygen atoms in total. The van der Waals surface area contributed by atoms with Crippen molar-refractivity contribution in [3.05, 3.63) is 0 Å². The number of esters is 1. The van der Waals surface area contributed by atoms with Crippen molar-refractivity contribution in [3.63, 3.8) is 0 Å². The van der Waals surface area contributed by atoms with Crippen molar-refractivity contribution in [1.29, 1.82) is 0 Å². The van der Waals surface area contributed by atoms with E-state index in [1.54, 1.807) is 0 Å². The van der Waals surface area contributed by atoms with Crippen LogP contribution in [0.25, 0.3) is 0 Å². The fourth-order valence-corrected chi connectivity index (χ4v) is 2.46. The quantitative estimate of drug-likeness (QED) is 0.584. The van der Waals surface area contributed by atoms with Gasteiger partial charge in [-0.15, -0.1) is 0 Å². The summed E-state index contributed by atoms with van der Waals surface area (Å²) in [6.07, 6.45) is 1.26. The third-order valence-corrected chi connectivity index (χ3v) is 5.29. The molecule has 1 fully saturated rings. The predicted octanol–water partition coefficient (Wildman–Crippen LogP) is 4.58. The first-order chi connectivity index (χ1) is 11.8. The SMILES string of the molecule is CCC1(COC(=O)C(C)(C)CC)COC(C(C)(C)COC(C)(C)C)OC1. The predicted molar refractivity (Wildman–Crippen MR) is 103 cm³/mol. The van der Waals surface area contributed by atoms with Gasteiger partial charge in [0.15, 0.2) is 6.29 Å². The van der Waals surface area contributed by atoms with Gasteiger partial charge in [-0.05, 0) is 47.5 Å². The molecule has 0 unspecified atom stereocenters. The van der Waals surface area contributed by atoms with Crippen LogP contribution in [-0.2, 0) is 23.7 Å². The third kappa shape index (κ3) is 6.50. The molecule has 0 atom stereocenters. The number of rotatable bonds is 8. The summed E-state index contributed by atoms with van der Waals surface area (Å²) in [5.41, 5.74) is -1.19. The van der Waals surface area contributed by atoms with E-state index in [4.69, 9.17) is 18.9 Å². The van der Waals surface area contributed by atoms with Crippen LogP contribution in [0.4, 0.5) is 0 Å². The normalized spacial score (nSPS) is 25.2. The molecule has 1 aliphatic rings. The molecule has 0 spiro atoms. The van der Waals surface area contributed by atoms with Crippen molar-refractivity contribution in [3.8, 4) is 0 Å². The first-order valence-electron chi connectivity index (χ1n) is 9.81. The van der Waals surface area contributed by atoms with Gasteiger partial charge in [-0.3, -0.25) is 4.79 Å². The molecule has 0 saturated carbocycles. The van der Waals surface area contributed by atoms with Gasteiger partial charge in [-0.1, -0.05) is 27.7 Å². The Morgan fingerprint density at radius 1 is 1.04 bits per heavy atom. The van der Waals surface area contributed by atoms with E-state index in [2.05, 4.69) is 20.8 Å². The molecule has 0 aromatic rings. The van der Waals surface area contributed by atoms with Crippen LogP contribution < -0.4 is 0 Å². The highest BCUT2D eigenvalue weighted by Crippen LogP contribution is 2.36. The van der Waals surface area contributed by atoms with Crippen LogP contribution in [0.15, 0.2) is 0 Å². The molecule has 1 heterocycles. The first kappa shape index (κ1) is 23.4. The highest BCUT2D eigenvalue weighted by Gasteiger charge is 2.43. The van der Waals surface area contributed by atoms with Gasteiger partial charge in [-0.2, -0.15) is 0 Å². The van der Waals surface area contributed by atoms with E-state index >= 15 is 0 Å². The number of carbonyl (C=O) groups is 1. The Labute approximate surface area is 160 Å². The molecule has 0 aliphatic carbocycles. The molecule has 0 aromatic heterocycles. The van der Waals surface area contributed by atoms with Crippen LogP contribution in [0.5, 0.6) is 0 Å². The van der Waals surface area contributed by atoms with Gasteiger partial charge >= 0.3 is 5.97 Å². The summed E-state index contributed by atoms with van der Waals surface area (Å²) in [5.74, 6) is -0.158. The van der Waals surface area contributed by atoms with Crippen molar-refractivity contribution in [2.24, 2.45) is 16.2 Å². The fourth-order valence-electron chi connectivity index (χ4n) is 2.46. The summed E-state index contributed by atoms with van der Waals surface area (Å²) in [7, 11) is 0. The van der Waals surface area contributed by atoms with E-state index in [1.165, 1.54) is 0 Å². The Morgan fingerprint density at radius 2 is 1.58 bits per heavy atom. The summed E-state index contributed by atoms with van der Waals surface area (Å²) >= 11 is 0. The second-order valence-electron chi connectivity index (χ2n) is 10.0. The lowest BCUT2D eigenvalue weighted by Crippen LogP contribution is -2.51. The average Bonchev–Trinajstić information content (AvgIpc) is 2.57. The Kier molecular flexibility index (Phi) is 7.71. The minimum Gasteiger partial charge on any atom is -0.465 e. The molecule has 1 aliphatic heterocycles. The molecule has 1 saturated heterocycles. The number of carbonyl (C=O) groups excluding carboxylic acids is 1. The lowest BCUT2D eigenvalue weighted by molar-refractivity contribution is -0.285. The molecule has 154 valence electrons. The van der Waals surface area contributed by atoms with Crippen molar-refractivity contribution in [2.45, 2.75) is 87.0 Å². The Morgan fingerprint density at radius 3 is 2.00 bits per heavy atom. The Hall–Kier alpha value is -0.650. The molecule has 0 amide bonds. The standard InChI is InChI=1S/C21H40O5/c1-10-19(6,7)16(22)23-13-21(11-2)14-24-17(25-15-21)20(8,9)12-26-18(3,4)5/h17H,10-15H2,1-9H3. The van der Waals surface area contributed by atoms with Crippen LogP contribution in [0.1, 0.15) is 75.2 Å². The molecular weight excluding hydrogens is 332 g/mol. The Balaban J connectivity index is 2.61. The zero-order valence-corrected chi connectivity index (χ0v) is 18.4. The van der Waals surface area contributed by atoms with E-state index in [0.29, 0.717) is 26.4 Å². The summed E-state index contributed by atoms with van der Waals surface area (Å²) < 4.78 is 23.7. The van der Waals surface area contributed by atoms with E-state index < -0.39 is 5.41 Å². The van der Waals surface area contributed by atoms with Gasteiger partial charge in [0.25, 0.3) is 0 Å². The maximum atomic E-state index is 12.3. The minimum absolute atomic E-state index is 0.158. The molecule has 1 rings (SSSR count). The number of ether oxygens (including phenoxy) is 4. The molecule has 26 heavy (non-hydrogen) atoms. The molecular formula is C21H40O5. The molecule has 0 aromatic carbocycles. The van der Waals surface area contributed by atoms with Gasteiger partial charge in [0.2, 0.25) is 0 Å². The van der Waals surface area contributed by atoms with Crippen molar-refractivity contribution < 1.29 is 23.7 Å². The van der Waals surface area contributed by atoms with Crippen LogP contribution in [0.2, 0.25) is 0 Å².